The van der Waals surface area contributed by atoms with Gasteiger partial charge >= 0.3 is 0 Å². The van der Waals surface area contributed by atoms with Gasteiger partial charge in [0.05, 0.1) is 0 Å². The van der Waals surface area contributed by atoms with E-state index in [0.29, 0.717) is 23.4 Å². The fourth-order valence-electron chi connectivity index (χ4n) is 3.13. The average Bonchev–Trinajstić information content (AvgIpc) is 2.96. The molecule has 0 unspecified atom stereocenters. The van der Waals surface area contributed by atoms with Crippen molar-refractivity contribution in [1.29, 1.82) is 0 Å². The smallest absolute Gasteiger partial charge is 0.202 e. The van der Waals surface area contributed by atoms with Gasteiger partial charge in [-0.05, 0) is 56.7 Å². The molecule has 1 heterocycles. The van der Waals surface area contributed by atoms with Crippen LogP contribution in [0.2, 0.25) is 0 Å². The zero-order valence-corrected chi connectivity index (χ0v) is 16.2. The number of nitrogens with zero attached hydrogens (tertiary/aromatic N) is 1. The third kappa shape index (κ3) is 4.36. The normalized spacial score (nSPS) is 10.7. The van der Waals surface area contributed by atoms with Crippen molar-refractivity contribution < 1.29 is 18.7 Å². The molecule has 1 aromatic heterocycles. The van der Waals surface area contributed by atoms with E-state index in [1.807, 2.05) is 24.5 Å². The molecule has 28 heavy (non-hydrogen) atoms. The zero-order chi connectivity index (χ0) is 20.3. The molecule has 3 rings (SSSR count). The molecule has 0 atom stereocenters. The van der Waals surface area contributed by atoms with Crippen LogP contribution in [0.4, 0.5) is 4.39 Å². The molecule has 5 heteroatoms. The van der Waals surface area contributed by atoms with Gasteiger partial charge in [0, 0.05) is 29.1 Å². The molecule has 2 aromatic carbocycles. The van der Waals surface area contributed by atoms with Crippen LogP contribution in [0.25, 0.3) is 0 Å². The van der Waals surface area contributed by atoms with Gasteiger partial charge in [-0.15, -0.1) is 0 Å². The molecule has 3 aromatic rings. The topological polar surface area (TPSA) is 48.3 Å². The van der Waals surface area contributed by atoms with Crippen LogP contribution in [0.1, 0.15) is 44.6 Å². The number of hydrogen-bond donors (Lipinski definition) is 0. The quantitative estimate of drug-likeness (QED) is 0.556. The van der Waals surface area contributed by atoms with E-state index in [9.17, 15) is 14.0 Å². The van der Waals surface area contributed by atoms with Crippen molar-refractivity contribution in [1.82, 2.24) is 4.57 Å². The monoisotopic (exact) mass is 379 g/mol. The number of aryl methyl sites for hydroxylation is 1. The van der Waals surface area contributed by atoms with Gasteiger partial charge in [0.1, 0.15) is 11.6 Å². The molecular formula is C23H22FNO3. The number of carbonyl (C=O) groups is 2. The molecular weight excluding hydrogens is 357 g/mol. The van der Waals surface area contributed by atoms with E-state index in [0.717, 1.165) is 17.0 Å². The average molecular weight is 379 g/mol. The standard InChI is InChI=1S/C23H22FNO3/c1-15-11-22(16(2)25(15)13-18-7-9-20(24)10-8-18)23(27)14-28-21-6-4-5-19(12-21)17(3)26/h4-12H,13-14H2,1-3H3. The Hall–Kier alpha value is -3.21. The predicted octanol–water partition coefficient (Wildman–Crippen LogP) is 4.76. The van der Waals surface area contributed by atoms with E-state index in [1.165, 1.54) is 19.1 Å². The van der Waals surface area contributed by atoms with Crippen molar-refractivity contribution in [2.45, 2.75) is 27.3 Å². The second-order valence-corrected chi connectivity index (χ2v) is 6.79. The fraction of sp³-hybridized carbons (Fsp3) is 0.217. The molecule has 0 saturated carbocycles. The number of benzene rings is 2. The fourth-order valence-corrected chi connectivity index (χ4v) is 3.13. The van der Waals surface area contributed by atoms with Crippen molar-refractivity contribution in [2.75, 3.05) is 6.61 Å². The summed E-state index contributed by atoms with van der Waals surface area (Å²) in [4.78, 5) is 24.1. The van der Waals surface area contributed by atoms with Crippen molar-refractivity contribution in [3.05, 3.63) is 88.5 Å². The Morgan fingerprint density at radius 3 is 2.43 bits per heavy atom. The first-order valence-corrected chi connectivity index (χ1v) is 9.03. The molecule has 0 aliphatic rings. The van der Waals surface area contributed by atoms with Crippen LogP contribution in [0.15, 0.2) is 54.6 Å². The molecule has 0 N–H and O–H groups in total. The van der Waals surface area contributed by atoms with Crippen LogP contribution >= 0.6 is 0 Å². The zero-order valence-electron chi connectivity index (χ0n) is 16.2. The first-order valence-electron chi connectivity index (χ1n) is 9.03. The molecule has 0 bridgehead atoms. The lowest BCUT2D eigenvalue weighted by molar-refractivity contribution is 0.0920. The minimum atomic E-state index is -0.272. The number of ketones is 2. The second kappa shape index (κ2) is 8.21. The summed E-state index contributed by atoms with van der Waals surface area (Å²) in [6, 6.07) is 15.0. The molecule has 0 saturated heterocycles. The van der Waals surface area contributed by atoms with Crippen LogP contribution in [-0.4, -0.2) is 22.7 Å². The van der Waals surface area contributed by atoms with Crippen molar-refractivity contribution in [2.24, 2.45) is 0 Å². The molecule has 0 amide bonds. The Morgan fingerprint density at radius 1 is 1.04 bits per heavy atom. The van der Waals surface area contributed by atoms with Crippen molar-refractivity contribution in [3.8, 4) is 5.75 Å². The number of ether oxygens (including phenoxy) is 1. The number of carbonyl (C=O) groups excluding carboxylic acids is 2. The predicted molar refractivity (Wildman–Crippen MR) is 106 cm³/mol. The summed E-state index contributed by atoms with van der Waals surface area (Å²) < 4.78 is 20.7. The van der Waals surface area contributed by atoms with Gasteiger partial charge in [0.2, 0.25) is 5.78 Å². The molecule has 0 spiro atoms. The summed E-state index contributed by atoms with van der Waals surface area (Å²) in [5.74, 6) is 0.0283. The summed E-state index contributed by atoms with van der Waals surface area (Å²) in [7, 11) is 0. The Labute approximate surface area is 163 Å². The molecule has 0 radical (unpaired) electrons. The van der Waals surface area contributed by atoms with Gasteiger partial charge in [0.15, 0.2) is 12.4 Å². The highest BCUT2D eigenvalue weighted by molar-refractivity contribution is 5.98. The number of rotatable bonds is 7. The van der Waals surface area contributed by atoms with Gasteiger partial charge < -0.3 is 9.30 Å². The highest BCUT2D eigenvalue weighted by atomic mass is 19.1. The van der Waals surface area contributed by atoms with Gasteiger partial charge in [0.25, 0.3) is 0 Å². The lowest BCUT2D eigenvalue weighted by Crippen LogP contribution is -2.13. The van der Waals surface area contributed by atoms with E-state index in [4.69, 9.17) is 4.74 Å². The Balaban J connectivity index is 1.73. The minimum Gasteiger partial charge on any atom is -0.485 e. The van der Waals surface area contributed by atoms with Crippen molar-refractivity contribution in [3.63, 3.8) is 0 Å². The maximum absolute atomic E-state index is 13.1. The Morgan fingerprint density at radius 2 is 1.75 bits per heavy atom. The summed E-state index contributed by atoms with van der Waals surface area (Å²) in [6.07, 6.45) is 0. The maximum atomic E-state index is 13.1. The third-order valence-corrected chi connectivity index (χ3v) is 4.74. The molecule has 0 aliphatic carbocycles. The van der Waals surface area contributed by atoms with Gasteiger partial charge in [-0.25, -0.2) is 4.39 Å². The van der Waals surface area contributed by atoms with Crippen molar-refractivity contribution >= 4 is 11.6 Å². The van der Waals surface area contributed by atoms with Gasteiger partial charge in [-0.2, -0.15) is 0 Å². The first kappa shape index (κ1) is 19.5. The van der Waals surface area contributed by atoms with Crippen LogP contribution in [0.3, 0.4) is 0 Å². The van der Waals surface area contributed by atoms with E-state index < -0.39 is 0 Å². The van der Waals surface area contributed by atoms with Crippen LogP contribution in [-0.2, 0) is 6.54 Å². The lowest BCUT2D eigenvalue weighted by Gasteiger charge is -2.10. The molecule has 0 aliphatic heterocycles. The lowest BCUT2D eigenvalue weighted by atomic mass is 10.1. The third-order valence-electron chi connectivity index (χ3n) is 4.74. The number of halogens is 1. The minimum absolute atomic E-state index is 0.0545. The van der Waals surface area contributed by atoms with Gasteiger partial charge in [-0.3, -0.25) is 9.59 Å². The van der Waals surface area contributed by atoms with E-state index in [-0.39, 0.29) is 24.0 Å². The van der Waals surface area contributed by atoms with Crippen LogP contribution in [0, 0.1) is 19.7 Å². The summed E-state index contributed by atoms with van der Waals surface area (Å²) in [5, 5.41) is 0. The largest absolute Gasteiger partial charge is 0.485 e. The van der Waals surface area contributed by atoms with Crippen LogP contribution < -0.4 is 4.74 Å². The number of aromatic nitrogens is 1. The first-order chi connectivity index (χ1) is 13.3. The summed E-state index contributed by atoms with van der Waals surface area (Å²) >= 11 is 0. The second-order valence-electron chi connectivity index (χ2n) is 6.79. The maximum Gasteiger partial charge on any atom is 0.202 e. The molecule has 4 nitrogen and oxygen atoms in total. The molecule has 144 valence electrons. The number of Topliss-reactive ketones (excluding diaryl/α,β-unsaturated/α-hetero) is 2. The molecule has 0 fully saturated rings. The summed E-state index contributed by atoms with van der Waals surface area (Å²) in [6.45, 7) is 5.76. The SMILES string of the molecule is CC(=O)c1cccc(OCC(=O)c2cc(C)n(Cc3ccc(F)cc3)c2C)c1. The Bertz CT molecular complexity index is 1020. The highest BCUT2D eigenvalue weighted by Crippen LogP contribution is 2.19. The summed E-state index contributed by atoms with van der Waals surface area (Å²) in [5.41, 5.74) is 3.89. The van der Waals surface area contributed by atoms with Gasteiger partial charge in [-0.1, -0.05) is 24.3 Å². The highest BCUT2D eigenvalue weighted by Gasteiger charge is 2.16. The van der Waals surface area contributed by atoms with E-state index >= 15 is 0 Å². The van der Waals surface area contributed by atoms with E-state index in [2.05, 4.69) is 0 Å². The number of hydrogen-bond acceptors (Lipinski definition) is 3. The van der Waals surface area contributed by atoms with Crippen LogP contribution in [0.5, 0.6) is 5.75 Å². The Kier molecular flexibility index (Phi) is 5.73. The van der Waals surface area contributed by atoms with E-state index in [1.54, 1.807) is 36.4 Å².